The largest absolute Gasteiger partial charge is 0.462 e. The number of hydrogen-bond acceptors (Lipinski definition) is 6. The minimum absolute atomic E-state index is 0.0168. The van der Waals surface area contributed by atoms with Crippen molar-refractivity contribution in [1.29, 1.82) is 0 Å². The number of esters is 1. The van der Waals surface area contributed by atoms with E-state index in [1.54, 1.807) is 6.92 Å². The van der Waals surface area contributed by atoms with Gasteiger partial charge in [-0.1, -0.05) is 27.7 Å². The van der Waals surface area contributed by atoms with E-state index >= 15 is 0 Å². The van der Waals surface area contributed by atoms with Gasteiger partial charge in [-0.15, -0.1) is 0 Å². The maximum absolute atomic E-state index is 12.4. The summed E-state index contributed by atoms with van der Waals surface area (Å²) in [7, 11) is -3.87. The molecule has 0 aromatic carbocycles. The molecule has 0 saturated carbocycles. The molecule has 3 rings (SSSR count). The number of carbonyl (C=O) groups excluding carboxylic acids is 1. The Morgan fingerprint density at radius 2 is 1.95 bits per heavy atom. The van der Waals surface area contributed by atoms with Gasteiger partial charge in [-0.3, -0.25) is 0 Å². The van der Waals surface area contributed by atoms with Crippen molar-refractivity contribution in [3.63, 3.8) is 0 Å². The highest BCUT2D eigenvalue weighted by atomic mass is 32.2. The van der Waals surface area contributed by atoms with Crippen molar-refractivity contribution in [3.05, 3.63) is 17.1 Å². The molecule has 7 heteroatoms. The zero-order valence-electron chi connectivity index (χ0n) is 13.3. The summed E-state index contributed by atoms with van der Waals surface area (Å²) >= 11 is 0. The summed E-state index contributed by atoms with van der Waals surface area (Å²) in [6.07, 6.45) is 0. The van der Waals surface area contributed by atoms with Crippen LogP contribution in [0.5, 0.6) is 5.75 Å². The van der Waals surface area contributed by atoms with Crippen LogP contribution in [0.1, 0.15) is 62.4 Å². The fourth-order valence-corrected chi connectivity index (χ4v) is 4.96. The predicted molar refractivity (Wildman–Crippen MR) is 78.3 cm³/mol. The van der Waals surface area contributed by atoms with Gasteiger partial charge in [-0.25, -0.2) is 4.79 Å². The van der Waals surface area contributed by atoms with Crippen LogP contribution in [0.15, 0.2) is 4.42 Å². The van der Waals surface area contributed by atoms with E-state index in [2.05, 4.69) is 0 Å². The first kappa shape index (κ1) is 15.4. The third-order valence-corrected chi connectivity index (χ3v) is 6.21. The van der Waals surface area contributed by atoms with Crippen LogP contribution in [-0.2, 0) is 19.6 Å². The number of ether oxygens (including phenoxy) is 1. The van der Waals surface area contributed by atoms with E-state index in [-0.39, 0.29) is 35.5 Å². The lowest BCUT2D eigenvalue weighted by atomic mass is 9.77. The van der Waals surface area contributed by atoms with E-state index in [1.807, 2.05) is 27.7 Å². The molecule has 3 heterocycles. The van der Waals surface area contributed by atoms with Crippen LogP contribution in [0.4, 0.5) is 0 Å². The van der Waals surface area contributed by atoms with Gasteiger partial charge in [0.1, 0.15) is 11.3 Å². The van der Waals surface area contributed by atoms with Crippen LogP contribution in [0.2, 0.25) is 0 Å². The molecular formula is C15H20O6S. The van der Waals surface area contributed by atoms with Gasteiger partial charge in [0.2, 0.25) is 5.75 Å². The van der Waals surface area contributed by atoms with Crippen molar-refractivity contribution in [2.75, 3.05) is 6.61 Å². The molecule has 0 fully saturated rings. The summed E-state index contributed by atoms with van der Waals surface area (Å²) < 4.78 is 39.6. The zero-order valence-corrected chi connectivity index (χ0v) is 14.1. The minimum Gasteiger partial charge on any atom is -0.462 e. The first-order valence-corrected chi connectivity index (χ1v) is 8.80. The normalized spacial score (nSPS) is 27.5. The molecule has 0 spiro atoms. The number of hydrogen-bond donors (Lipinski definition) is 0. The van der Waals surface area contributed by atoms with Crippen LogP contribution in [0.3, 0.4) is 0 Å². The van der Waals surface area contributed by atoms with Crippen LogP contribution in [0, 0.1) is 11.8 Å². The van der Waals surface area contributed by atoms with Crippen LogP contribution in [-0.4, -0.2) is 21.0 Å². The Morgan fingerprint density at radius 3 is 2.50 bits per heavy atom. The Kier molecular flexibility index (Phi) is 3.15. The highest BCUT2D eigenvalue weighted by molar-refractivity contribution is 7.88. The molecule has 1 aromatic heterocycles. The maximum Gasteiger partial charge on any atom is 0.345 e. The molecule has 2 aliphatic rings. The Morgan fingerprint density at radius 1 is 1.32 bits per heavy atom. The monoisotopic (exact) mass is 328 g/mol. The van der Waals surface area contributed by atoms with E-state index in [0.717, 1.165) is 0 Å². The molecule has 0 radical (unpaired) electrons. The van der Waals surface area contributed by atoms with E-state index in [9.17, 15) is 13.2 Å². The van der Waals surface area contributed by atoms with Crippen molar-refractivity contribution in [3.8, 4) is 5.75 Å². The summed E-state index contributed by atoms with van der Waals surface area (Å²) in [5.41, 5.74) is 0.132. The molecule has 0 saturated heterocycles. The Labute approximate surface area is 129 Å². The van der Waals surface area contributed by atoms with Gasteiger partial charge < -0.3 is 13.3 Å². The highest BCUT2D eigenvalue weighted by Crippen LogP contribution is 2.64. The van der Waals surface area contributed by atoms with E-state index < -0.39 is 26.8 Å². The Balaban J connectivity index is 2.10. The molecule has 6 nitrogen and oxygen atoms in total. The summed E-state index contributed by atoms with van der Waals surface area (Å²) in [6, 6.07) is 0. The molecule has 2 unspecified atom stereocenters. The second-order valence-electron chi connectivity index (χ2n) is 6.86. The smallest absolute Gasteiger partial charge is 0.345 e. The van der Waals surface area contributed by atoms with E-state index in [1.165, 1.54) is 0 Å². The number of furan rings is 1. The molecule has 2 atom stereocenters. The van der Waals surface area contributed by atoms with Gasteiger partial charge in [-0.05, 0) is 18.8 Å². The van der Waals surface area contributed by atoms with E-state index in [4.69, 9.17) is 13.3 Å². The van der Waals surface area contributed by atoms with Crippen molar-refractivity contribution < 1.29 is 26.5 Å². The van der Waals surface area contributed by atoms with Gasteiger partial charge in [-0.2, -0.15) is 8.42 Å². The zero-order chi connectivity index (χ0) is 16.4. The second kappa shape index (κ2) is 4.50. The molecule has 122 valence electrons. The van der Waals surface area contributed by atoms with Gasteiger partial charge in [0, 0.05) is 0 Å². The van der Waals surface area contributed by atoms with Gasteiger partial charge in [0.05, 0.1) is 12.5 Å². The first-order valence-electron chi connectivity index (χ1n) is 7.39. The van der Waals surface area contributed by atoms with Crippen LogP contribution in [0.25, 0.3) is 0 Å². The molecule has 1 aromatic rings. The molecular weight excluding hydrogens is 308 g/mol. The van der Waals surface area contributed by atoms with E-state index in [0.29, 0.717) is 5.76 Å². The SMILES string of the molecule is CC(C)COC(=O)c1c2oc3c1OS(=O)(=O)C3(C)C2C(C)C. The third-order valence-electron chi connectivity index (χ3n) is 4.35. The fourth-order valence-electron chi connectivity index (χ4n) is 3.36. The summed E-state index contributed by atoms with van der Waals surface area (Å²) in [4.78, 5) is 12.3. The van der Waals surface area contributed by atoms with Crippen molar-refractivity contribution in [2.24, 2.45) is 11.8 Å². The summed E-state index contributed by atoms with van der Waals surface area (Å²) in [6.45, 7) is 9.51. The average molecular weight is 328 g/mol. The van der Waals surface area contributed by atoms with Gasteiger partial charge in [0.25, 0.3) is 0 Å². The molecule has 0 amide bonds. The number of fused-ring (bicyclic) bond motifs is 1. The van der Waals surface area contributed by atoms with Gasteiger partial charge in [0.15, 0.2) is 10.5 Å². The quantitative estimate of drug-likeness (QED) is 0.624. The van der Waals surface area contributed by atoms with Gasteiger partial charge >= 0.3 is 16.1 Å². The lowest BCUT2D eigenvalue weighted by Gasteiger charge is -2.27. The Hall–Kier alpha value is -1.50. The second-order valence-corrected chi connectivity index (χ2v) is 8.78. The lowest BCUT2D eigenvalue weighted by molar-refractivity contribution is 0.0453. The molecule has 0 N–H and O–H groups in total. The number of rotatable bonds is 4. The van der Waals surface area contributed by atoms with Crippen LogP contribution >= 0.6 is 0 Å². The van der Waals surface area contributed by atoms with Crippen molar-refractivity contribution >= 4 is 16.1 Å². The molecule has 2 bridgehead atoms. The summed E-state index contributed by atoms with van der Waals surface area (Å²) in [5, 5.41) is 0. The topological polar surface area (TPSA) is 82.8 Å². The summed E-state index contributed by atoms with van der Waals surface area (Å²) in [5.74, 6) is -0.244. The maximum atomic E-state index is 12.4. The molecule has 0 aliphatic carbocycles. The lowest BCUT2D eigenvalue weighted by Crippen LogP contribution is -2.36. The highest BCUT2D eigenvalue weighted by Gasteiger charge is 2.68. The fraction of sp³-hybridized carbons (Fsp3) is 0.667. The number of carbonyl (C=O) groups is 1. The van der Waals surface area contributed by atoms with Crippen molar-refractivity contribution in [2.45, 2.75) is 45.3 Å². The predicted octanol–water partition coefficient (Wildman–Crippen LogP) is 2.78. The molecule has 22 heavy (non-hydrogen) atoms. The average Bonchev–Trinajstić information content (AvgIpc) is 2.92. The van der Waals surface area contributed by atoms with Crippen LogP contribution < -0.4 is 4.18 Å². The molecule has 2 aliphatic heterocycles. The Bertz CT molecular complexity index is 742. The minimum atomic E-state index is -3.87. The standard InChI is InChI=1S/C15H20O6S/c1-7(2)6-19-14(16)9-11-10(8(3)4)15(5)13(20-11)12(9)21-22(15,17)18/h7-8,10H,6H2,1-5H3. The van der Waals surface area contributed by atoms with Crippen molar-refractivity contribution in [1.82, 2.24) is 0 Å². The first-order chi connectivity index (χ1) is 10.1. The third kappa shape index (κ3) is 1.71.